The van der Waals surface area contributed by atoms with E-state index in [2.05, 4.69) is 6.92 Å². The van der Waals surface area contributed by atoms with Crippen molar-refractivity contribution in [2.75, 3.05) is 25.9 Å². The van der Waals surface area contributed by atoms with Gasteiger partial charge in [0.2, 0.25) is 15.9 Å². The number of rotatable bonds is 5. The smallest absolute Gasteiger partial charge is 0.223 e. The van der Waals surface area contributed by atoms with E-state index in [9.17, 15) is 13.2 Å². The Morgan fingerprint density at radius 2 is 1.74 bits per heavy atom. The molecule has 0 bridgehead atoms. The van der Waals surface area contributed by atoms with Gasteiger partial charge < -0.3 is 4.90 Å². The van der Waals surface area contributed by atoms with Gasteiger partial charge in [-0.3, -0.25) is 4.79 Å². The molecule has 1 heterocycles. The van der Waals surface area contributed by atoms with Gasteiger partial charge in [-0.15, -0.1) is 0 Å². The van der Waals surface area contributed by atoms with Crippen molar-refractivity contribution in [1.82, 2.24) is 9.21 Å². The number of piperidine rings is 1. The van der Waals surface area contributed by atoms with Crippen molar-refractivity contribution in [2.45, 2.75) is 70.8 Å². The lowest BCUT2D eigenvalue weighted by Gasteiger charge is -2.33. The quantitative estimate of drug-likeness (QED) is 0.720. The normalized spacial score (nSPS) is 24.7. The largest absolute Gasteiger partial charge is 0.342 e. The van der Waals surface area contributed by atoms with E-state index in [-0.39, 0.29) is 11.9 Å². The summed E-state index contributed by atoms with van der Waals surface area (Å²) < 4.78 is 26.0. The first-order valence-electron chi connectivity index (χ1n) is 9.12. The average molecular weight is 345 g/mol. The molecule has 1 saturated carbocycles. The summed E-state index contributed by atoms with van der Waals surface area (Å²) in [5.74, 6) is 0.666. The lowest BCUT2D eigenvalue weighted by Crippen LogP contribution is -2.44. The van der Waals surface area contributed by atoms with Crippen LogP contribution in [-0.2, 0) is 14.8 Å². The van der Waals surface area contributed by atoms with Crippen molar-refractivity contribution >= 4 is 15.9 Å². The molecule has 0 aromatic heterocycles. The number of hydrogen-bond acceptors (Lipinski definition) is 3. The molecule has 1 aliphatic carbocycles. The van der Waals surface area contributed by atoms with Gasteiger partial charge in [-0.05, 0) is 31.6 Å². The van der Waals surface area contributed by atoms with Crippen LogP contribution in [0.4, 0.5) is 0 Å². The first-order valence-corrected chi connectivity index (χ1v) is 11.0. The molecule has 0 N–H and O–H groups in total. The third-order valence-corrected chi connectivity index (χ3v) is 6.55. The highest BCUT2D eigenvalue weighted by atomic mass is 32.2. The fraction of sp³-hybridized carbons (Fsp3) is 0.941. The van der Waals surface area contributed by atoms with Gasteiger partial charge in [0.05, 0.1) is 6.26 Å². The third kappa shape index (κ3) is 5.75. The maximum absolute atomic E-state index is 12.4. The fourth-order valence-corrected chi connectivity index (χ4v) is 5.12. The number of nitrogens with zero attached hydrogens (tertiary/aromatic N) is 2. The summed E-state index contributed by atoms with van der Waals surface area (Å²) in [6.07, 6.45) is 10.3. The highest BCUT2D eigenvalue weighted by molar-refractivity contribution is 7.88. The van der Waals surface area contributed by atoms with Crippen LogP contribution < -0.4 is 0 Å². The summed E-state index contributed by atoms with van der Waals surface area (Å²) in [7, 11) is -3.26. The number of amides is 1. The van der Waals surface area contributed by atoms with Crippen LogP contribution in [0.1, 0.15) is 64.7 Å². The molecule has 2 aliphatic rings. The molecule has 6 heteroatoms. The Labute approximate surface area is 141 Å². The van der Waals surface area contributed by atoms with E-state index < -0.39 is 10.0 Å². The number of carbonyl (C=O) groups is 1. The Hall–Kier alpha value is -0.620. The molecule has 0 aromatic carbocycles. The highest BCUT2D eigenvalue weighted by Crippen LogP contribution is 2.24. The van der Waals surface area contributed by atoms with E-state index in [1.807, 2.05) is 4.90 Å². The average Bonchev–Trinajstić information content (AvgIpc) is 2.75. The molecule has 1 atom stereocenters. The second-order valence-corrected chi connectivity index (χ2v) is 9.29. The fourth-order valence-electron chi connectivity index (χ4n) is 3.94. The first-order chi connectivity index (χ1) is 10.9. The predicted molar refractivity (Wildman–Crippen MR) is 92.6 cm³/mol. The molecule has 1 unspecified atom stereocenters. The molecule has 23 heavy (non-hydrogen) atoms. The minimum absolute atomic E-state index is 0.0839. The second-order valence-electron chi connectivity index (χ2n) is 7.36. The summed E-state index contributed by atoms with van der Waals surface area (Å²) in [6.45, 7) is 4.16. The number of carbonyl (C=O) groups excluding carboxylic acids is 1. The first kappa shape index (κ1) is 18.7. The van der Waals surface area contributed by atoms with E-state index in [4.69, 9.17) is 0 Å². The minimum atomic E-state index is -3.26. The predicted octanol–water partition coefficient (Wildman–Crippen LogP) is 2.62. The molecular weight excluding hydrogens is 312 g/mol. The van der Waals surface area contributed by atoms with Crippen molar-refractivity contribution in [1.29, 1.82) is 0 Å². The van der Waals surface area contributed by atoms with E-state index in [0.717, 1.165) is 45.2 Å². The molecule has 2 rings (SSSR count). The van der Waals surface area contributed by atoms with Gasteiger partial charge in [-0.25, -0.2) is 8.42 Å². The molecular formula is C17H32N2O3S. The number of hydrogen-bond donors (Lipinski definition) is 0. The summed E-state index contributed by atoms with van der Waals surface area (Å²) in [4.78, 5) is 14.3. The van der Waals surface area contributed by atoms with Crippen LogP contribution in [0.25, 0.3) is 0 Å². The third-order valence-electron chi connectivity index (χ3n) is 5.21. The van der Waals surface area contributed by atoms with Gasteiger partial charge in [0.1, 0.15) is 0 Å². The van der Waals surface area contributed by atoms with Gasteiger partial charge in [-0.2, -0.15) is 4.31 Å². The zero-order valence-electron chi connectivity index (χ0n) is 14.7. The van der Waals surface area contributed by atoms with Crippen LogP contribution in [0.2, 0.25) is 0 Å². The van der Waals surface area contributed by atoms with Crippen molar-refractivity contribution in [3.05, 3.63) is 0 Å². The Kier molecular flexibility index (Phi) is 6.89. The number of likely N-dealkylation sites (tertiary alicyclic amines) is 1. The molecule has 1 amide bonds. The maximum atomic E-state index is 12.4. The van der Waals surface area contributed by atoms with Gasteiger partial charge >= 0.3 is 0 Å². The minimum Gasteiger partial charge on any atom is -0.342 e. The molecule has 2 fully saturated rings. The SMILES string of the molecule is CC1CCCN(C(=O)CCN(C2CCCCCC2)S(C)(=O)=O)C1. The van der Waals surface area contributed by atoms with Crippen molar-refractivity contribution in [2.24, 2.45) is 5.92 Å². The molecule has 1 aliphatic heterocycles. The van der Waals surface area contributed by atoms with Crippen LogP contribution in [0.3, 0.4) is 0 Å². The molecule has 0 radical (unpaired) electrons. The molecule has 5 nitrogen and oxygen atoms in total. The summed E-state index contributed by atoms with van der Waals surface area (Å²) >= 11 is 0. The summed E-state index contributed by atoms with van der Waals surface area (Å²) in [5, 5.41) is 0. The molecule has 1 saturated heterocycles. The van der Waals surface area contributed by atoms with Crippen molar-refractivity contribution in [3.63, 3.8) is 0 Å². The molecule has 0 aromatic rings. The van der Waals surface area contributed by atoms with E-state index in [1.54, 1.807) is 4.31 Å². The van der Waals surface area contributed by atoms with Crippen LogP contribution in [0.15, 0.2) is 0 Å². The summed E-state index contributed by atoms with van der Waals surface area (Å²) in [5.41, 5.74) is 0. The standard InChI is InChI=1S/C17H32N2O3S/c1-15-8-7-12-18(14-15)17(20)11-13-19(23(2,21)22)16-9-5-3-4-6-10-16/h15-16H,3-14H2,1-2H3. The van der Waals surface area contributed by atoms with Gasteiger partial charge in [0.25, 0.3) is 0 Å². The molecule has 0 spiro atoms. The lowest BCUT2D eigenvalue weighted by molar-refractivity contribution is -0.133. The second kappa shape index (κ2) is 8.47. The zero-order valence-corrected chi connectivity index (χ0v) is 15.5. The lowest BCUT2D eigenvalue weighted by atomic mass is 10.00. The van der Waals surface area contributed by atoms with Crippen molar-refractivity contribution < 1.29 is 13.2 Å². The zero-order chi connectivity index (χ0) is 16.9. The maximum Gasteiger partial charge on any atom is 0.223 e. The monoisotopic (exact) mass is 344 g/mol. The highest BCUT2D eigenvalue weighted by Gasteiger charge is 2.29. The van der Waals surface area contributed by atoms with Gasteiger partial charge in [0, 0.05) is 32.1 Å². The van der Waals surface area contributed by atoms with Gasteiger partial charge in [-0.1, -0.05) is 32.6 Å². The van der Waals surface area contributed by atoms with Crippen molar-refractivity contribution in [3.8, 4) is 0 Å². The van der Waals surface area contributed by atoms with Crippen LogP contribution in [0, 0.1) is 5.92 Å². The molecule has 134 valence electrons. The van der Waals surface area contributed by atoms with Crippen LogP contribution in [0.5, 0.6) is 0 Å². The Morgan fingerprint density at radius 3 is 2.30 bits per heavy atom. The Bertz CT molecular complexity index is 484. The topological polar surface area (TPSA) is 57.7 Å². The van der Waals surface area contributed by atoms with E-state index in [0.29, 0.717) is 18.9 Å². The van der Waals surface area contributed by atoms with Crippen LogP contribution in [-0.4, -0.2) is 55.5 Å². The Balaban J connectivity index is 1.94. The summed E-state index contributed by atoms with van der Waals surface area (Å²) in [6, 6.07) is 0.0839. The van der Waals surface area contributed by atoms with Gasteiger partial charge in [0.15, 0.2) is 0 Å². The Morgan fingerprint density at radius 1 is 1.09 bits per heavy atom. The van der Waals surface area contributed by atoms with Crippen LogP contribution >= 0.6 is 0 Å². The van der Waals surface area contributed by atoms with E-state index in [1.165, 1.54) is 25.5 Å². The van der Waals surface area contributed by atoms with E-state index >= 15 is 0 Å². The number of sulfonamides is 1.